The normalized spacial score (nSPS) is 10.8. The van der Waals surface area contributed by atoms with Gasteiger partial charge in [0.1, 0.15) is 17.5 Å². The number of rotatable bonds is 5. The fourth-order valence-electron chi connectivity index (χ4n) is 1.87. The molecule has 0 atom stereocenters. The van der Waals surface area contributed by atoms with Gasteiger partial charge in [0.25, 0.3) is 0 Å². The molecule has 0 aromatic heterocycles. The van der Waals surface area contributed by atoms with Crippen LogP contribution in [0.3, 0.4) is 0 Å². The topological polar surface area (TPSA) is 12.0 Å². The molecule has 0 aliphatic carbocycles. The first-order valence-corrected chi connectivity index (χ1v) is 6.52. The van der Waals surface area contributed by atoms with E-state index >= 15 is 0 Å². The molecule has 0 amide bonds. The Morgan fingerprint density at radius 2 is 1.60 bits per heavy atom. The van der Waals surface area contributed by atoms with E-state index in [1.54, 1.807) is 6.07 Å². The third-order valence-corrected chi connectivity index (χ3v) is 3.13. The second kappa shape index (κ2) is 6.77. The van der Waals surface area contributed by atoms with E-state index in [9.17, 15) is 13.2 Å². The molecule has 0 aliphatic heterocycles. The summed E-state index contributed by atoms with van der Waals surface area (Å²) >= 11 is 5.59. The molecule has 0 heterocycles. The summed E-state index contributed by atoms with van der Waals surface area (Å²) in [5.74, 6) is -1.63. The maximum atomic E-state index is 13.2. The maximum absolute atomic E-state index is 13.2. The molecule has 5 heteroatoms. The highest BCUT2D eigenvalue weighted by molar-refractivity contribution is 6.30. The summed E-state index contributed by atoms with van der Waals surface area (Å²) in [5, 5.41) is 3.17. The first kappa shape index (κ1) is 14.9. The maximum Gasteiger partial charge on any atom is 0.142 e. The van der Waals surface area contributed by atoms with Crippen LogP contribution in [0, 0.1) is 17.5 Å². The van der Waals surface area contributed by atoms with Crippen LogP contribution in [0.25, 0.3) is 0 Å². The van der Waals surface area contributed by atoms with Crippen LogP contribution in [0.2, 0.25) is 5.02 Å². The molecule has 0 aliphatic rings. The second-order valence-corrected chi connectivity index (χ2v) is 4.86. The van der Waals surface area contributed by atoms with Gasteiger partial charge in [0.2, 0.25) is 0 Å². The van der Waals surface area contributed by atoms with Crippen LogP contribution in [0.1, 0.15) is 11.1 Å². The Labute approximate surface area is 120 Å². The lowest BCUT2D eigenvalue weighted by Crippen LogP contribution is -2.16. The molecule has 0 saturated carbocycles. The van der Waals surface area contributed by atoms with E-state index in [1.807, 2.05) is 0 Å². The molecule has 1 nitrogen and oxygen atoms in total. The number of hydrogen-bond donors (Lipinski definition) is 1. The summed E-state index contributed by atoms with van der Waals surface area (Å²) in [6.45, 7) is 0.999. The fourth-order valence-corrected chi connectivity index (χ4v) is 1.99. The number of hydrogen-bond acceptors (Lipinski definition) is 1. The van der Waals surface area contributed by atoms with Crippen LogP contribution in [0.5, 0.6) is 0 Å². The van der Waals surface area contributed by atoms with Crippen molar-refractivity contribution in [3.05, 3.63) is 70.0 Å². The van der Waals surface area contributed by atoms with Gasteiger partial charge in [-0.05, 0) is 48.4 Å². The van der Waals surface area contributed by atoms with Crippen molar-refractivity contribution in [2.45, 2.75) is 13.0 Å². The molecule has 0 spiro atoms. The van der Waals surface area contributed by atoms with E-state index in [0.717, 1.165) is 11.6 Å². The van der Waals surface area contributed by atoms with Crippen molar-refractivity contribution in [1.29, 1.82) is 0 Å². The van der Waals surface area contributed by atoms with Crippen molar-refractivity contribution in [2.24, 2.45) is 0 Å². The standard InChI is InChI=1S/C15H13ClF3N/c16-14-2-1-11(7-15(14)19)9-20-4-3-10-5-12(17)8-13(18)6-10/h1-2,5-8,20H,3-4,9H2. The lowest BCUT2D eigenvalue weighted by molar-refractivity contribution is 0.577. The number of halogens is 4. The Morgan fingerprint density at radius 3 is 2.25 bits per heavy atom. The minimum atomic E-state index is -0.584. The van der Waals surface area contributed by atoms with Gasteiger partial charge < -0.3 is 5.32 Å². The molecular weight excluding hydrogens is 287 g/mol. The van der Waals surface area contributed by atoms with Gasteiger partial charge in [-0.1, -0.05) is 17.7 Å². The van der Waals surface area contributed by atoms with Crippen LogP contribution in [0.15, 0.2) is 36.4 Å². The van der Waals surface area contributed by atoms with E-state index in [1.165, 1.54) is 24.3 Å². The summed E-state index contributed by atoms with van der Waals surface area (Å²) in [4.78, 5) is 0. The monoisotopic (exact) mass is 299 g/mol. The summed E-state index contributed by atoms with van der Waals surface area (Å²) in [6, 6.07) is 8.01. The molecule has 2 rings (SSSR count). The molecule has 2 aromatic carbocycles. The van der Waals surface area contributed by atoms with Crippen molar-refractivity contribution >= 4 is 11.6 Å². The third-order valence-electron chi connectivity index (χ3n) is 2.83. The molecule has 0 bridgehead atoms. The summed E-state index contributed by atoms with van der Waals surface area (Å²) in [7, 11) is 0. The van der Waals surface area contributed by atoms with Gasteiger partial charge >= 0.3 is 0 Å². The Hall–Kier alpha value is -1.52. The minimum Gasteiger partial charge on any atom is -0.312 e. The second-order valence-electron chi connectivity index (χ2n) is 4.45. The lowest BCUT2D eigenvalue weighted by Gasteiger charge is -2.06. The molecule has 0 saturated heterocycles. The molecule has 1 N–H and O–H groups in total. The van der Waals surface area contributed by atoms with E-state index in [2.05, 4.69) is 5.32 Å². The highest BCUT2D eigenvalue weighted by Gasteiger charge is 2.02. The third kappa shape index (κ3) is 4.25. The van der Waals surface area contributed by atoms with Gasteiger partial charge in [-0.25, -0.2) is 13.2 Å². The van der Waals surface area contributed by atoms with Gasteiger partial charge in [0.15, 0.2) is 0 Å². The number of benzene rings is 2. The van der Waals surface area contributed by atoms with Crippen LogP contribution >= 0.6 is 11.6 Å². The minimum absolute atomic E-state index is 0.0870. The zero-order valence-corrected chi connectivity index (χ0v) is 11.4. The first-order valence-electron chi connectivity index (χ1n) is 6.14. The van der Waals surface area contributed by atoms with Crippen molar-refractivity contribution in [3.63, 3.8) is 0 Å². The molecule has 2 aromatic rings. The Kier molecular flexibility index (Phi) is 5.04. The highest BCUT2D eigenvalue weighted by Crippen LogP contribution is 2.15. The largest absolute Gasteiger partial charge is 0.312 e. The quantitative estimate of drug-likeness (QED) is 0.820. The van der Waals surface area contributed by atoms with Gasteiger partial charge in [0, 0.05) is 12.6 Å². The summed E-state index contributed by atoms with van der Waals surface area (Å²) < 4.78 is 39.1. The Bertz CT molecular complexity index is 581. The van der Waals surface area contributed by atoms with Gasteiger partial charge in [-0.3, -0.25) is 0 Å². The van der Waals surface area contributed by atoms with E-state index in [0.29, 0.717) is 25.1 Å². The van der Waals surface area contributed by atoms with Crippen molar-refractivity contribution in [1.82, 2.24) is 5.32 Å². The molecule has 106 valence electrons. The molecule has 20 heavy (non-hydrogen) atoms. The van der Waals surface area contributed by atoms with Gasteiger partial charge in [0.05, 0.1) is 5.02 Å². The molecule has 0 radical (unpaired) electrons. The summed E-state index contributed by atoms with van der Waals surface area (Å²) in [6.07, 6.45) is 0.491. The highest BCUT2D eigenvalue weighted by atomic mass is 35.5. The van der Waals surface area contributed by atoms with Gasteiger partial charge in [-0.15, -0.1) is 0 Å². The predicted octanol–water partition coefficient (Wildman–Crippen LogP) is 4.09. The van der Waals surface area contributed by atoms with Crippen LogP contribution in [-0.4, -0.2) is 6.54 Å². The Balaban J connectivity index is 1.82. The zero-order chi connectivity index (χ0) is 14.5. The van der Waals surface area contributed by atoms with E-state index in [-0.39, 0.29) is 5.02 Å². The Morgan fingerprint density at radius 1 is 0.900 bits per heavy atom. The van der Waals surface area contributed by atoms with Crippen LogP contribution in [0.4, 0.5) is 13.2 Å². The van der Waals surface area contributed by atoms with Crippen molar-refractivity contribution in [3.8, 4) is 0 Å². The smallest absolute Gasteiger partial charge is 0.142 e. The average Bonchev–Trinajstić information content (AvgIpc) is 2.38. The molecule has 0 fully saturated rings. The molecule has 0 unspecified atom stereocenters. The predicted molar refractivity (Wildman–Crippen MR) is 73.2 cm³/mol. The first-order chi connectivity index (χ1) is 9.54. The van der Waals surface area contributed by atoms with Crippen molar-refractivity contribution in [2.75, 3.05) is 6.54 Å². The van der Waals surface area contributed by atoms with Crippen LogP contribution in [-0.2, 0) is 13.0 Å². The molecular formula is C15H13ClF3N. The van der Waals surface area contributed by atoms with Crippen LogP contribution < -0.4 is 5.32 Å². The van der Waals surface area contributed by atoms with E-state index < -0.39 is 17.5 Å². The SMILES string of the molecule is Fc1cc(F)cc(CCNCc2ccc(Cl)c(F)c2)c1. The average molecular weight is 300 g/mol. The fraction of sp³-hybridized carbons (Fsp3) is 0.200. The van der Waals surface area contributed by atoms with E-state index in [4.69, 9.17) is 11.6 Å². The zero-order valence-electron chi connectivity index (χ0n) is 10.6. The van der Waals surface area contributed by atoms with Crippen molar-refractivity contribution < 1.29 is 13.2 Å². The lowest BCUT2D eigenvalue weighted by atomic mass is 10.1. The number of nitrogens with one attached hydrogen (secondary N) is 1. The van der Waals surface area contributed by atoms with Gasteiger partial charge in [-0.2, -0.15) is 0 Å². The summed E-state index contributed by atoms with van der Waals surface area (Å²) in [5.41, 5.74) is 1.34.